The predicted octanol–water partition coefficient (Wildman–Crippen LogP) is 4.59. The van der Waals surface area contributed by atoms with Crippen LogP contribution in [0.25, 0.3) is 0 Å². The van der Waals surface area contributed by atoms with Crippen LogP contribution in [0, 0.1) is 0 Å². The smallest absolute Gasteiger partial charge is 0.338 e. The second-order valence-corrected chi connectivity index (χ2v) is 5.30. The third kappa shape index (κ3) is 3.57. The maximum atomic E-state index is 11.9. The van der Waals surface area contributed by atoms with Crippen molar-refractivity contribution in [2.45, 2.75) is 6.61 Å². The number of nitrogen functional groups attached to an aromatic ring is 1. The lowest BCUT2D eigenvalue weighted by molar-refractivity contribution is 0.0473. The Morgan fingerprint density at radius 1 is 1.05 bits per heavy atom. The van der Waals surface area contributed by atoms with Crippen molar-refractivity contribution >= 4 is 46.5 Å². The maximum Gasteiger partial charge on any atom is 0.338 e. The van der Waals surface area contributed by atoms with Gasteiger partial charge in [0.05, 0.1) is 16.3 Å². The Hall–Kier alpha value is -1.42. The standard InChI is InChI=1S/C14H10Cl3NO2/c15-10-3-1-9(11(16)6-10)7-20-14(19)8-2-4-13(18)12(17)5-8/h1-6H,7,18H2. The molecule has 2 rings (SSSR count). The van der Waals surface area contributed by atoms with Crippen LogP contribution in [0.1, 0.15) is 15.9 Å². The van der Waals surface area contributed by atoms with Gasteiger partial charge in [0.2, 0.25) is 0 Å². The van der Waals surface area contributed by atoms with E-state index in [1.807, 2.05) is 0 Å². The lowest BCUT2D eigenvalue weighted by atomic mass is 10.2. The summed E-state index contributed by atoms with van der Waals surface area (Å²) in [7, 11) is 0. The van der Waals surface area contributed by atoms with E-state index in [4.69, 9.17) is 45.3 Å². The van der Waals surface area contributed by atoms with E-state index in [9.17, 15) is 4.79 Å². The number of ether oxygens (including phenoxy) is 1. The van der Waals surface area contributed by atoms with E-state index in [1.165, 1.54) is 6.07 Å². The monoisotopic (exact) mass is 329 g/mol. The van der Waals surface area contributed by atoms with Crippen LogP contribution in [0.15, 0.2) is 36.4 Å². The number of nitrogens with two attached hydrogens (primary N) is 1. The number of carbonyl (C=O) groups is 1. The van der Waals surface area contributed by atoms with Gasteiger partial charge in [0.25, 0.3) is 0 Å². The van der Waals surface area contributed by atoms with E-state index in [-0.39, 0.29) is 6.61 Å². The summed E-state index contributed by atoms with van der Waals surface area (Å²) in [6.07, 6.45) is 0. The van der Waals surface area contributed by atoms with Gasteiger partial charge in [-0.1, -0.05) is 40.9 Å². The van der Waals surface area contributed by atoms with Crippen LogP contribution in [0.3, 0.4) is 0 Å². The van der Waals surface area contributed by atoms with Gasteiger partial charge in [-0.3, -0.25) is 0 Å². The van der Waals surface area contributed by atoms with Gasteiger partial charge in [-0.15, -0.1) is 0 Å². The number of carbonyl (C=O) groups excluding carboxylic acids is 1. The van der Waals surface area contributed by atoms with E-state index in [0.29, 0.717) is 31.9 Å². The molecule has 0 radical (unpaired) electrons. The second kappa shape index (κ2) is 6.35. The van der Waals surface area contributed by atoms with E-state index in [2.05, 4.69) is 0 Å². The first kappa shape index (κ1) is 15.0. The highest BCUT2D eigenvalue weighted by molar-refractivity contribution is 6.35. The van der Waals surface area contributed by atoms with Gasteiger partial charge < -0.3 is 10.5 Å². The first-order chi connectivity index (χ1) is 9.47. The molecule has 0 spiro atoms. The van der Waals surface area contributed by atoms with Crippen molar-refractivity contribution in [3.05, 3.63) is 62.6 Å². The van der Waals surface area contributed by atoms with Crippen molar-refractivity contribution in [1.29, 1.82) is 0 Å². The molecule has 2 aromatic rings. The van der Waals surface area contributed by atoms with Crippen molar-refractivity contribution in [2.24, 2.45) is 0 Å². The summed E-state index contributed by atoms with van der Waals surface area (Å²) < 4.78 is 5.16. The van der Waals surface area contributed by atoms with E-state index in [0.717, 1.165) is 0 Å². The first-order valence-corrected chi connectivity index (χ1v) is 6.77. The number of benzene rings is 2. The predicted molar refractivity (Wildman–Crippen MR) is 81.4 cm³/mol. The fraction of sp³-hybridized carbons (Fsp3) is 0.0714. The number of esters is 1. The zero-order chi connectivity index (χ0) is 14.7. The topological polar surface area (TPSA) is 52.3 Å². The van der Waals surface area contributed by atoms with Gasteiger partial charge in [0, 0.05) is 15.6 Å². The molecule has 2 aromatic carbocycles. The Bertz CT molecular complexity index is 659. The summed E-state index contributed by atoms with van der Waals surface area (Å²) in [6.45, 7) is 0.0524. The van der Waals surface area contributed by atoms with Crippen LogP contribution in [-0.2, 0) is 11.3 Å². The highest BCUT2D eigenvalue weighted by Gasteiger charge is 2.10. The summed E-state index contributed by atoms with van der Waals surface area (Å²) in [4.78, 5) is 11.9. The fourth-order valence-corrected chi connectivity index (χ4v) is 2.16. The van der Waals surface area contributed by atoms with E-state index in [1.54, 1.807) is 30.3 Å². The van der Waals surface area contributed by atoms with Gasteiger partial charge in [0.15, 0.2) is 0 Å². The number of hydrogen-bond acceptors (Lipinski definition) is 3. The van der Waals surface area contributed by atoms with E-state index < -0.39 is 5.97 Å². The molecule has 20 heavy (non-hydrogen) atoms. The average Bonchev–Trinajstić information content (AvgIpc) is 2.40. The molecule has 2 N–H and O–H groups in total. The maximum absolute atomic E-state index is 11.9. The summed E-state index contributed by atoms with van der Waals surface area (Å²) in [5.41, 5.74) is 6.98. The van der Waals surface area contributed by atoms with Gasteiger partial charge in [-0.2, -0.15) is 0 Å². The Morgan fingerprint density at radius 2 is 1.80 bits per heavy atom. The molecule has 0 aromatic heterocycles. The second-order valence-electron chi connectivity index (χ2n) is 4.05. The number of anilines is 1. The largest absolute Gasteiger partial charge is 0.457 e. The SMILES string of the molecule is Nc1ccc(C(=O)OCc2ccc(Cl)cc2Cl)cc1Cl. The van der Waals surface area contributed by atoms with Crippen molar-refractivity contribution in [1.82, 2.24) is 0 Å². The molecule has 0 aliphatic carbocycles. The summed E-state index contributed by atoms with van der Waals surface area (Å²) in [5.74, 6) is -0.502. The third-order valence-corrected chi connectivity index (χ3v) is 3.52. The third-order valence-electron chi connectivity index (χ3n) is 2.61. The van der Waals surface area contributed by atoms with Crippen molar-refractivity contribution < 1.29 is 9.53 Å². The minimum absolute atomic E-state index is 0.0524. The molecule has 0 aliphatic rings. The Kier molecular flexibility index (Phi) is 4.76. The van der Waals surface area contributed by atoms with Crippen LogP contribution in [0.5, 0.6) is 0 Å². The molecular formula is C14H10Cl3NO2. The lowest BCUT2D eigenvalue weighted by Gasteiger charge is -2.07. The fourth-order valence-electron chi connectivity index (χ4n) is 1.52. The van der Waals surface area contributed by atoms with Gasteiger partial charge in [-0.05, 0) is 30.3 Å². The van der Waals surface area contributed by atoms with Crippen molar-refractivity contribution in [3.8, 4) is 0 Å². The highest BCUT2D eigenvalue weighted by Crippen LogP contribution is 2.23. The Labute approximate surface area is 131 Å². The molecule has 0 unspecified atom stereocenters. The van der Waals surface area contributed by atoms with Gasteiger partial charge in [-0.25, -0.2) is 4.79 Å². The molecule has 0 amide bonds. The molecule has 104 valence electrons. The Morgan fingerprint density at radius 3 is 2.45 bits per heavy atom. The minimum atomic E-state index is -0.502. The number of hydrogen-bond donors (Lipinski definition) is 1. The minimum Gasteiger partial charge on any atom is -0.457 e. The molecule has 0 saturated carbocycles. The van der Waals surface area contributed by atoms with Crippen molar-refractivity contribution in [2.75, 3.05) is 5.73 Å². The molecule has 0 heterocycles. The normalized spacial score (nSPS) is 10.3. The average molecular weight is 331 g/mol. The summed E-state index contributed by atoms with van der Waals surface area (Å²) in [5, 5.41) is 1.28. The molecule has 6 heteroatoms. The molecule has 0 aliphatic heterocycles. The molecule has 3 nitrogen and oxygen atoms in total. The number of halogens is 3. The van der Waals surface area contributed by atoms with Gasteiger partial charge in [0.1, 0.15) is 6.61 Å². The lowest BCUT2D eigenvalue weighted by Crippen LogP contribution is -2.06. The van der Waals surface area contributed by atoms with Crippen molar-refractivity contribution in [3.63, 3.8) is 0 Å². The van der Waals surface area contributed by atoms with Crippen LogP contribution in [-0.4, -0.2) is 5.97 Å². The van der Waals surface area contributed by atoms with Crippen LogP contribution in [0.4, 0.5) is 5.69 Å². The zero-order valence-electron chi connectivity index (χ0n) is 10.2. The summed E-state index contributed by atoms with van der Waals surface area (Å²) in [6, 6.07) is 9.53. The summed E-state index contributed by atoms with van der Waals surface area (Å²) >= 11 is 17.6. The van der Waals surface area contributed by atoms with Crippen LogP contribution in [0.2, 0.25) is 15.1 Å². The van der Waals surface area contributed by atoms with Crippen LogP contribution >= 0.6 is 34.8 Å². The molecule has 0 fully saturated rings. The highest BCUT2D eigenvalue weighted by atomic mass is 35.5. The molecule has 0 atom stereocenters. The van der Waals surface area contributed by atoms with Crippen LogP contribution < -0.4 is 5.73 Å². The molecular weight excluding hydrogens is 321 g/mol. The van der Waals surface area contributed by atoms with Gasteiger partial charge >= 0.3 is 5.97 Å². The number of rotatable bonds is 3. The Balaban J connectivity index is 2.06. The molecule has 0 bridgehead atoms. The first-order valence-electron chi connectivity index (χ1n) is 5.63. The molecule has 0 saturated heterocycles. The van der Waals surface area contributed by atoms with E-state index >= 15 is 0 Å². The quantitative estimate of drug-likeness (QED) is 0.661. The zero-order valence-corrected chi connectivity index (χ0v) is 12.5.